The molecule has 3 aliphatic rings. The molecule has 260 valence electrons. The van der Waals surface area contributed by atoms with Gasteiger partial charge < -0.3 is 36.6 Å². The Bertz CT molecular complexity index is 1790. The molecule has 6 rings (SSSR count). The highest BCUT2D eigenvalue weighted by Crippen LogP contribution is 2.66. The molecule has 0 spiro atoms. The Labute approximate surface area is 286 Å². The largest absolute Gasteiger partial charge is 0.508 e. The van der Waals surface area contributed by atoms with Gasteiger partial charge >= 0.3 is 0 Å². The van der Waals surface area contributed by atoms with Crippen LogP contribution in [-0.4, -0.2) is 67.4 Å². The number of hydrogen-bond donors (Lipinski definition) is 7. The fourth-order valence-electron chi connectivity index (χ4n) is 9.73. The first-order valence-electron chi connectivity index (χ1n) is 16.9. The Hall–Kier alpha value is -4.09. The normalized spacial score (nSPS) is 32.4. The van der Waals surface area contributed by atoms with Gasteiger partial charge in [0.25, 0.3) is 0 Å². The highest BCUT2D eigenvalue weighted by molar-refractivity contribution is 6.09. The maximum atomic E-state index is 14.4. The minimum Gasteiger partial charge on any atom is -0.508 e. The Morgan fingerprint density at radius 2 is 1.59 bits per heavy atom. The minimum atomic E-state index is -2.54. The van der Waals surface area contributed by atoms with Crippen LogP contribution in [0.3, 0.4) is 0 Å². The Morgan fingerprint density at radius 3 is 2.20 bits per heavy atom. The summed E-state index contributed by atoms with van der Waals surface area (Å²) in [7, 11) is 0. The van der Waals surface area contributed by atoms with Crippen LogP contribution in [0.4, 0.5) is 0 Å². The number of Topliss-reactive ketones (excluding diaryl/α,β-unsaturated/α-hetero) is 2. The average Bonchev–Trinajstić information content (AvgIpc) is 3.02. The molecule has 8 atom stereocenters. The molecule has 2 unspecified atom stereocenters. The molecule has 0 radical (unpaired) electrons. The summed E-state index contributed by atoms with van der Waals surface area (Å²) in [5.74, 6) is -6.91. The number of aliphatic hydroxyl groups is 3. The first kappa shape index (κ1) is 34.8. The van der Waals surface area contributed by atoms with Crippen LogP contribution in [0.1, 0.15) is 61.2 Å². The number of nitrogens with one attached hydrogen (secondary N) is 1. The van der Waals surface area contributed by atoms with Gasteiger partial charge in [-0.3, -0.25) is 14.4 Å². The summed E-state index contributed by atoms with van der Waals surface area (Å²) in [4.78, 5) is 40.8. The van der Waals surface area contributed by atoms with Crippen molar-refractivity contribution in [1.82, 2.24) is 5.32 Å². The summed E-state index contributed by atoms with van der Waals surface area (Å²) in [5.41, 5.74) is 5.04. The number of carbonyl (C=O) groups excluding carboxylic acids is 3. The molecular weight excluding hydrogens is 624 g/mol. The van der Waals surface area contributed by atoms with Gasteiger partial charge in [0.2, 0.25) is 5.91 Å². The second kappa shape index (κ2) is 12.4. The monoisotopic (exact) mass is 670 g/mol. The van der Waals surface area contributed by atoms with E-state index < -0.39 is 63.9 Å². The van der Waals surface area contributed by atoms with Crippen LogP contribution in [0.5, 0.6) is 11.5 Å². The van der Waals surface area contributed by atoms with Gasteiger partial charge in [-0.2, -0.15) is 0 Å². The molecule has 8 N–H and O–H groups in total. The van der Waals surface area contributed by atoms with Gasteiger partial charge in [0.05, 0.1) is 17.6 Å². The van der Waals surface area contributed by atoms with Crippen molar-refractivity contribution in [3.8, 4) is 22.6 Å². The number of amides is 1. The number of rotatable bonds is 8. The number of aliphatic hydroxyl groups excluding tert-OH is 2. The second-order valence-corrected chi connectivity index (χ2v) is 15.3. The minimum absolute atomic E-state index is 0.0429. The van der Waals surface area contributed by atoms with Crippen LogP contribution >= 0.6 is 0 Å². The average molecular weight is 671 g/mol. The third-order valence-electron chi connectivity index (χ3n) is 11.8. The fraction of sp³-hybridized carbons (Fsp3) is 0.462. The molecule has 1 amide bonds. The van der Waals surface area contributed by atoms with Gasteiger partial charge in [0.15, 0.2) is 17.2 Å². The SMILES string of the molecule is CC(C)[C@H]1C(O)[C@@H](C(N)=O)C(=O)[C@]2(O)C(O)[C@H]3C(=O)c4c(O)ccc(-c5ccc(CNCCc6ccc(O)cc6)cc5)c4C[C@]3(C)C[C@]12C. The molecule has 0 heterocycles. The van der Waals surface area contributed by atoms with Crippen LogP contribution in [0.25, 0.3) is 11.1 Å². The van der Waals surface area contributed by atoms with E-state index in [4.69, 9.17) is 5.73 Å². The van der Waals surface area contributed by atoms with Crippen molar-refractivity contribution in [3.05, 3.63) is 82.9 Å². The van der Waals surface area contributed by atoms with E-state index in [9.17, 15) is 39.9 Å². The van der Waals surface area contributed by atoms with Gasteiger partial charge in [0, 0.05) is 12.0 Å². The summed E-state index contributed by atoms with van der Waals surface area (Å²) in [6.45, 7) is 8.54. The van der Waals surface area contributed by atoms with Crippen molar-refractivity contribution >= 4 is 17.5 Å². The molecule has 3 aromatic carbocycles. The van der Waals surface area contributed by atoms with E-state index in [0.717, 1.165) is 35.2 Å². The highest BCUT2D eigenvalue weighted by Gasteiger charge is 2.75. The number of benzene rings is 3. The lowest BCUT2D eigenvalue weighted by atomic mass is 9.39. The number of fused-ring (bicyclic) bond motifs is 3. The summed E-state index contributed by atoms with van der Waals surface area (Å²) >= 11 is 0. The molecule has 3 aliphatic carbocycles. The fourth-order valence-corrected chi connectivity index (χ4v) is 9.73. The number of carbonyl (C=O) groups is 3. The van der Waals surface area contributed by atoms with Crippen LogP contribution in [-0.2, 0) is 29.0 Å². The molecule has 2 fully saturated rings. The van der Waals surface area contributed by atoms with E-state index in [1.807, 2.05) is 57.2 Å². The first-order valence-corrected chi connectivity index (χ1v) is 16.9. The van der Waals surface area contributed by atoms with Gasteiger partial charge in [-0.1, -0.05) is 70.2 Å². The molecule has 0 aliphatic heterocycles. The zero-order chi connectivity index (χ0) is 35.6. The predicted molar refractivity (Wildman–Crippen MR) is 182 cm³/mol. The molecule has 0 saturated heterocycles. The Morgan fingerprint density at radius 1 is 0.959 bits per heavy atom. The van der Waals surface area contributed by atoms with Gasteiger partial charge in [0.1, 0.15) is 23.5 Å². The van der Waals surface area contributed by atoms with Crippen LogP contribution in [0.2, 0.25) is 0 Å². The van der Waals surface area contributed by atoms with Gasteiger partial charge in [-0.15, -0.1) is 0 Å². The summed E-state index contributed by atoms with van der Waals surface area (Å²) < 4.78 is 0. The van der Waals surface area contributed by atoms with E-state index in [1.165, 1.54) is 6.07 Å². The summed E-state index contributed by atoms with van der Waals surface area (Å²) in [5, 5.41) is 59.6. The molecule has 10 nitrogen and oxygen atoms in total. The van der Waals surface area contributed by atoms with E-state index >= 15 is 0 Å². The van der Waals surface area contributed by atoms with Crippen molar-refractivity contribution < 1.29 is 39.9 Å². The smallest absolute Gasteiger partial charge is 0.230 e. The van der Waals surface area contributed by atoms with Crippen LogP contribution in [0, 0.1) is 34.5 Å². The quantitative estimate of drug-likeness (QED) is 0.139. The van der Waals surface area contributed by atoms with E-state index in [2.05, 4.69) is 5.32 Å². The van der Waals surface area contributed by atoms with E-state index in [0.29, 0.717) is 12.1 Å². The van der Waals surface area contributed by atoms with Gasteiger partial charge in [-0.25, -0.2) is 0 Å². The lowest BCUT2D eigenvalue weighted by Gasteiger charge is -2.66. The second-order valence-electron chi connectivity index (χ2n) is 15.3. The third-order valence-corrected chi connectivity index (χ3v) is 11.8. The molecule has 49 heavy (non-hydrogen) atoms. The summed E-state index contributed by atoms with van der Waals surface area (Å²) in [6.07, 6.45) is -2.24. The molecular formula is C39H46N2O8. The summed E-state index contributed by atoms with van der Waals surface area (Å²) in [6, 6.07) is 18.3. The van der Waals surface area contributed by atoms with Crippen molar-refractivity contribution in [3.63, 3.8) is 0 Å². The zero-order valence-corrected chi connectivity index (χ0v) is 28.3. The maximum absolute atomic E-state index is 14.4. The predicted octanol–water partition coefficient (Wildman–Crippen LogP) is 3.28. The highest BCUT2D eigenvalue weighted by atomic mass is 16.4. The lowest BCUT2D eigenvalue weighted by Crippen LogP contribution is -2.79. The number of primary amides is 1. The number of nitrogens with two attached hydrogens (primary N) is 1. The standard InChI is InChI=1S/C39H46N2O8/c1-20(2)30-33(45)29(36(40)48)34(46)39(49)35(47)31-32(44)28-26(17-37(31,3)19-38(30,39)4)25(13-14-27(28)43)23-9-5-22(6-10-23)18-41-16-15-21-7-11-24(42)12-8-21/h5-14,20,29-31,33,35,41-43,45,47,49H,15-19H2,1-4H3,(H2,40,48)/t29-,30+,31-,33?,35?,37-,38-,39+/m1/s1. The number of phenolic OH excluding ortho intramolecular Hbond substituents is 2. The molecule has 0 aromatic heterocycles. The van der Waals surface area contributed by atoms with Crippen molar-refractivity contribution in [2.75, 3.05) is 6.54 Å². The molecule has 0 bridgehead atoms. The van der Waals surface area contributed by atoms with Gasteiger partial charge in [-0.05, 0) is 89.1 Å². The number of ketones is 2. The molecule has 10 heteroatoms. The Kier molecular flexibility index (Phi) is 8.76. The molecule has 3 aromatic rings. The van der Waals surface area contributed by atoms with Crippen LogP contribution < -0.4 is 11.1 Å². The lowest BCUT2D eigenvalue weighted by molar-refractivity contribution is -0.265. The number of hydrogen-bond acceptors (Lipinski definition) is 9. The number of aromatic hydroxyl groups is 2. The molecule has 2 saturated carbocycles. The zero-order valence-electron chi connectivity index (χ0n) is 28.3. The number of phenols is 2. The Balaban J connectivity index is 1.32. The van der Waals surface area contributed by atoms with E-state index in [-0.39, 0.29) is 35.8 Å². The van der Waals surface area contributed by atoms with Crippen molar-refractivity contribution in [2.24, 2.45) is 40.2 Å². The van der Waals surface area contributed by atoms with Crippen LogP contribution in [0.15, 0.2) is 60.7 Å². The van der Waals surface area contributed by atoms with E-state index in [1.54, 1.807) is 25.1 Å². The third kappa shape index (κ3) is 5.36. The first-order chi connectivity index (χ1) is 23.0. The topological polar surface area (TPSA) is 190 Å². The maximum Gasteiger partial charge on any atom is 0.230 e. The van der Waals surface area contributed by atoms with Crippen molar-refractivity contribution in [1.29, 1.82) is 0 Å². The van der Waals surface area contributed by atoms with Crippen molar-refractivity contribution in [2.45, 2.75) is 71.3 Å².